The molecule has 0 saturated carbocycles. The van der Waals surface area contributed by atoms with Gasteiger partial charge in [-0.05, 0) is 19.1 Å². The number of nitrogens with zero attached hydrogens (tertiary/aromatic N) is 6. The Morgan fingerprint density at radius 2 is 1.97 bits per heavy atom. The lowest BCUT2D eigenvalue weighted by molar-refractivity contribution is 0.123. The maximum absolute atomic E-state index is 6.13. The van der Waals surface area contributed by atoms with E-state index in [1.54, 1.807) is 7.11 Å². The first-order chi connectivity index (χ1) is 16.2. The van der Waals surface area contributed by atoms with Crippen LogP contribution in [0.5, 0.6) is 0 Å². The Kier molecular flexibility index (Phi) is 7.47. The molecule has 4 heterocycles. The van der Waals surface area contributed by atoms with Crippen molar-refractivity contribution in [3.63, 3.8) is 0 Å². The van der Waals surface area contributed by atoms with Crippen LogP contribution in [0.4, 0.5) is 5.69 Å². The van der Waals surface area contributed by atoms with Crippen LogP contribution in [-0.2, 0) is 22.6 Å². The number of aromatic nitrogens is 5. The second kappa shape index (κ2) is 10.5. The molecule has 9 nitrogen and oxygen atoms in total. The summed E-state index contributed by atoms with van der Waals surface area (Å²) in [5.41, 5.74) is 12.9. The van der Waals surface area contributed by atoms with Crippen LogP contribution in [-0.4, -0.2) is 64.3 Å². The van der Waals surface area contributed by atoms with E-state index in [9.17, 15) is 0 Å². The fraction of sp³-hybridized carbons (Fsp3) is 0.375. The molecule has 1 aliphatic rings. The van der Waals surface area contributed by atoms with Crippen molar-refractivity contribution in [2.45, 2.75) is 20.0 Å². The minimum atomic E-state index is 0. The molecule has 180 valence electrons. The first-order valence-corrected chi connectivity index (χ1v) is 11.2. The zero-order valence-electron chi connectivity index (χ0n) is 19.5. The zero-order valence-corrected chi connectivity index (χ0v) is 20.3. The molecule has 0 radical (unpaired) electrons. The minimum Gasteiger partial charge on any atom is -0.383 e. The molecule has 5 rings (SSSR count). The van der Waals surface area contributed by atoms with Gasteiger partial charge in [0.1, 0.15) is 5.52 Å². The van der Waals surface area contributed by atoms with E-state index >= 15 is 0 Å². The number of hydrogen-bond acceptors (Lipinski definition) is 7. The van der Waals surface area contributed by atoms with Gasteiger partial charge in [0.2, 0.25) is 0 Å². The predicted molar refractivity (Wildman–Crippen MR) is 135 cm³/mol. The topological polar surface area (TPSA) is 96.2 Å². The monoisotopic (exact) mass is 483 g/mol. The Labute approximate surface area is 204 Å². The van der Waals surface area contributed by atoms with Crippen LogP contribution < -0.4 is 10.6 Å². The third-order valence-electron chi connectivity index (χ3n) is 5.95. The van der Waals surface area contributed by atoms with Gasteiger partial charge in [-0.2, -0.15) is 5.10 Å². The van der Waals surface area contributed by atoms with Crippen molar-refractivity contribution in [2.75, 3.05) is 44.9 Å². The molecule has 34 heavy (non-hydrogen) atoms. The normalized spacial score (nSPS) is 13.9. The fourth-order valence-electron chi connectivity index (χ4n) is 4.22. The highest BCUT2D eigenvalue weighted by molar-refractivity contribution is 5.87. The molecular weight excluding hydrogens is 454 g/mol. The molecule has 10 heteroatoms. The van der Waals surface area contributed by atoms with Crippen molar-refractivity contribution in [1.82, 2.24) is 24.3 Å². The number of imidazole rings is 1. The van der Waals surface area contributed by atoms with E-state index in [2.05, 4.69) is 36.1 Å². The van der Waals surface area contributed by atoms with Gasteiger partial charge in [0.05, 0.1) is 43.2 Å². The van der Waals surface area contributed by atoms with Crippen molar-refractivity contribution in [1.29, 1.82) is 0 Å². The van der Waals surface area contributed by atoms with E-state index in [0.717, 1.165) is 52.7 Å². The van der Waals surface area contributed by atoms with E-state index in [1.165, 1.54) is 5.56 Å². The van der Waals surface area contributed by atoms with E-state index in [4.69, 9.17) is 30.3 Å². The van der Waals surface area contributed by atoms with Gasteiger partial charge < -0.3 is 24.7 Å². The predicted octanol–water partition coefficient (Wildman–Crippen LogP) is 2.96. The number of aryl methyl sites for hydroxylation is 1. The molecule has 1 aromatic carbocycles. The van der Waals surface area contributed by atoms with Gasteiger partial charge >= 0.3 is 0 Å². The van der Waals surface area contributed by atoms with Crippen LogP contribution in [0.25, 0.3) is 28.2 Å². The minimum absolute atomic E-state index is 0. The number of methoxy groups -OCH3 is 1. The highest BCUT2D eigenvalue weighted by atomic mass is 35.5. The quantitative estimate of drug-likeness (QED) is 0.431. The average Bonchev–Trinajstić information content (AvgIpc) is 3.47. The second-order valence-electron chi connectivity index (χ2n) is 8.21. The second-order valence-corrected chi connectivity index (χ2v) is 8.21. The largest absolute Gasteiger partial charge is 0.383 e. The number of pyridine rings is 1. The van der Waals surface area contributed by atoms with Gasteiger partial charge in [0, 0.05) is 44.9 Å². The maximum Gasteiger partial charge on any atom is 0.164 e. The summed E-state index contributed by atoms with van der Waals surface area (Å²) in [6.07, 6.45) is 1.83. The zero-order chi connectivity index (χ0) is 22.8. The summed E-state index contributed by atoms with van der Waals surface area (Å²) in [5.74, 6) is 0.725. The summed E-state index contributed by atoms with van der Waals surface area (Å²) in [7, 11) is 1.70. The average molecular weight is 484 g/mol. The van der Waals surface area contributed by atoms with Gasteiger partial charge in [-0.1, -0.05) is 23.8 Å². The number of hydrogen-bond donors (Lipinski definition) is 1. The third kappa shape index (κ3) is 4.65. The highest BCUT2D eigenvalue weighted by Gasteiger charge is 2.21. The van der Waals surface area contributed by atoms with Crippen molar-refractivity contribution in [3.8, 4) is 17.1 Å². The van der Waals surface area contributed by atoms with Crippen LogP contribution in [0.1, 0.15) is 11.3 Å². The lowest BCUT2D eigenvalue weighted by Gasteiger charge is -2.29. The smallest absolute Gasteiger partial charge is 0.164 e. The Balaban J connectivity index is 0.00000274. The third-order valence-corrected chi connectivity index (χ3v) is 5.95. The molecule has 0 amide bonds. The number of morpholine rings is 1. The Bertz CT molecular complexity index is 1260. The number of benzene rings is 1. The van der Waals surface area contributed by atoms with Crippen LogP contribution in [0, 0.1) is 6.92 Å². The first-order valence-electron chi connectivity index (χ1n) is 11.2. The molecule has 0 bridgehead atoms. The molecule has 0 unspecified atom stereocenters. The summed E-state index contributed by atoms with van der Waals surface area (Å²) in [5, 5.41) is 4.91. The van der Waals surface area contributed by atoms with Crippen LogP contribution in [0.3, 0.4) is 0 Å². The Morgan fingerprint density at radius 3 is 2.71 bits per heavy atom. The van der Waals surface area contributed by atoms with E-state index in [0.29, 0.717) is 32.9 Å². The van der Waals surface area contributed by atoms with Gasteiger partial charge in [0.15, 0.2) is 11.5 Å². The summed E-state index contributed by atoms with van der Waals surface area (Å²) < 4.78 is 14.7. The molecule has 1 fully saturated rings. The van der Waals surface area contributed by atoms with E-state index in [-0.39, 0.29) is 12.4 Å². The van der Waals surface area contributed by atoms with Crippen molar-refractivity contribution < 1.29 is 9.47 Å². The van der Waals surface area contributed by atoms with Crippen LogP contribution in [0.15, 0.2) is 42.7 Å². The number of halogens is 1. The molecule has 3 aromatic heterocycles. The maximum atomic E-state index is 6.13. The lowest BCUT2D eigenvalue weighted by atomic mass is 10.1. The number of rotatable bonds is 7. The summed E-state index contributed by atoms with van der Waals surface area (Å²) in [6.45, 7) is 6.68. The van der Waals surface area contributed by atoms with Crippen molar-refractivity contribution in [3.05, 3.63) is 54.0 Å². The molecule has 0 atom stereocenters. The SMILES string of the molecule is COCCn1cnc2c(N3CCOCC3)cc(-n3nc(-c4cccc(C)c4)cc3CN)nc21.Cl. The lowest BCUT2D eigenvalue weighted by Crippen LogP contribution is -2.36. The van der Waals surface area contributed by atoms with Crippen molar-refractivity contribution >= 4 is 29.3 Å². The molecule has 0 aliphatic carbocycles. The van der Waals surface area contributed by atoms with E-state index < -0.39 is 0 Å². The standard InChI is InChI=1S/C24H29N7O2.ClH/c1-17-4-3-5-18(12-17)20-13-19(15-25)31(28-20)22-14-21(29-7-10-33-11-8-29)23-24(27-22)30(16-26-23)6-9-32-2;/h3-5,12-14,16H,6-11,15,25H2,1-2H3;1H. The number of fused-ring (bicyclic) bond motifs is 1. The van der Waals surface area contributed by atoms with Crippen LogP contribution in [0.2, 0.25) is 0 Å². The van der Waals surface area contributed by atoms with E-state index in [1.807, 2.05) is 27.7 Å². The Morgan fingerprint density at radius 1 is 1.15 bits per heavy atom. The molecule has 4 aromatic rings. The highest BCUT2D eigenvalue weighted by Crippen LogP contribution is 2.29. The van der Waals surface area contributed by atoms with Gasteiger partial charge in [0.25, 0.3) is 0 Å². The molecule has 0 spiro atoms. The van der Waals surface area contributed by atoms with Crippen molar-refractivity contribution in [2.24, 2.45) is 5.73 Å². The summed E-state index contributed by atoms with van der Waals surface area (Å²) in [6, 6.07) is 12.4. The summed E-state index contributed by atoms with van der Waals surface area (Å²) >= 11 is 0. The summed E-state index contributed by atoms with van der Waals surface area (Å²) in [4.78, 5) is 12.0. The fourth-order valence-corrected chi connectivity index (χ4v) is 4.22. The van der Waals surface area contributed by atoms with Gasteiger partial charge in [-0.25, -0.2) is 14.6 Å². The first kappa shape index (κ1) is 24.2. The van der Waals surface area contributed by atoms with Gasteiger partial charge in [-0.15, -0.1) is 12.4 Å². The Hall–Kier alpha value is -2.98. The molecular formula is C24H30ClN7O2. The number of anilines is 1. The molecule has 2 N–H and O–H groups in total. The number of ether oxygens (including phenoxy) is 2. The molecule has 1 aliphatic heterocycles. The number of nitrogens with two attached hydrogens (primary N) is 1. The van der Waals surface area contributed by atoms with Crippen LogP contribution >= 0.6 is 12.4 Å². The molecule has 1 saturated heterocycles. The van der Waals surface area contributed by atoms with Gasteiger partial charge in [-0.3, -0.25) is 0 Å².